The van der Waals surface area contributed by atoms with Crippen molar-refractivity contribution in [1.82, 2.24) is 10.6 Å². The molecule has 1 aromatic carbocycles. The molecule has 1 aliphatic rings. The lowest BCUT2D eigenvalue weighted by atomic mass is 9.97. The van der Waals surface area contributed by atoms with Crippen LogP contribution < -0.4 is 10.6 Å². The van der Waals surface area contributed by atoms with Crippen molar-refractivity contribution in [3.05, 3.63) is 59.9 Å². The Kier molecular flexibility index (Phi) is 7.06. The van der Waals surface area contributed by atoms with Crippen LogP contribution in [0.2, 0.25) is 0 Å². The molecule has 1 fully saturated rings. The summed E-state index contributed by atoms with van der Waals surface area (Å²) in [6.07, 6.45) is 3.96. The van der Waals surface area contributed by atoms with Gasteiger partial charge in [0.1, 0.15) is 11.5 Å². The zero-order chi connectivity index (χ0) is 21.5. The van der Waals surface area contributed by atoms with Crippen molar-refractivity contribution in [3.63, 3.8) is 0 Å². The highest BCUT2D eigenvalue weighted by Gasteiger charge is 2.28. The highest BCUT2D eigenvalue weighted by atomic mass is 16.5. The molecular weight excluding hydrogens is 384 g/mol. The number of aryl methyl sites for hydroxylation is 1. The normalized spacial score (nSPS) is 17.0. The number of amides is 2. The molecule has 0 aliphatic carbocycles. The standard InChI is InChI=1S/C23H26N2O5/c1-3-29-21(26)10-9-18(13-17-11-12-24-22(17)27)25-23(28)19-14-20(30-15(19)2)16-7-5-4-6-8-16/h4-10,14,17-18H,3,11-13H2,1-2H3,(H,24,27)(H,25,28). The fourth-order valence-corrected chi connectivity index (χ4v) is 3.45. The molecule has 0 spiro atoms. The third-order valence-electron chi connectivity index (χ3n) is 4.99. The lowest BCUT2D eigenvalue weighted by Crippen LogP contribution is -2.36. The van der Waals surface area contributed by atoms with Crippen molar-refractivity contribution < 1.29 is 23.5 Å². The van der Waals surface area contributed by atoms with E-state index >= 15 is 0 Å². The molecule has 0 saturated carbocycles. The summed E-state index contributed by atoms with van der Waals surface area (Å²) in [5.41, 5.74) is 1.29. The quantitative estimate of drug-likeness (QED) is 0.515. The minimum atomic E-state index is -0.495. The number of carbonyl (C=O) groups is 3. The van der Waals surface area contributed by atoms with Crippen LogP contribution in [0.1, 0.15) is 35.9 Å². The average Bonchev–Trinajstić information content (AvgIpc) is 3.32. The van der Waals surface area contributed by atoms with Gasteiger partial charge < -0.3 is 19.8 Å². The maximum atomic E-state index is 12.9. The van der Waals surface area contributed by atoms with Gasteiger partial charge in [-0.1, -0.05) is 36.4 Å². The fourth-order valence-electron chi connectivity index (χ4n) is 3.45. The number of esters is 1. The Balaban J connectivity index is 1.75. The van der Waals surface area contributed by atoms with E-state index in [9.17, 15) is 14.4 Å². The van der Waals surface area contributed by atoms with Gasteiger partial charge in [0.25, 0.3) is 5.91 Å². The first-order valence-electron chi connectivity index (χ1n) is 10.1. The van der Waals surface area contributed by atoms with Crippen molar-refractivity contribution in [3.8, 4) is 11.3 Å². The smallest absolute Gasteiger partial charge is 0.330 e. The second-order valence-electron chi connectivity index (χ2n) is 7.15. The molecule has 2 atom stereocenters. The van der Waals surface area contributed by atoms with Crippen LogP contribution in [0, 0.1) is 12.8 Å². The summed E-state index contributed by atoms with van der Waals surface area (Å²) in [7, 11) is 0. The largest absolute Gasteiger partial charge is 0.463 e. The minimum Gasteiger partial charge on any atom is -0.463 e. The second-order valence-corrected chi connectivity index (χ2v) is 7.15. The van der Waals surface area contributed by atoms with Gasteiger partial charge in [-0.2, -0.15) is 0 Å². The number of nitrogens with one attached hydrogen (secondary N) is 2. The molecule has 2 unspecified atom stereocenters. The monoisotopic (exact) mass is 410 g/mol. The van der Waals surface area contributed by atoms with Crippen LogP contribution in [0.3, 0.4) is 0 Å². The Morgan fingerprint density at radius 1 is 1.33 bits per heavy atom. The van der Waals surface area contributed by atoms with Crippen LogP contribution in [0.5, 0.6) is 0 Å². The van der Waals surface area contributed by atoms with E-state index < -0.39 is 12.0 Å². The Morgan fingerprint density at radius 3 is 2.77 bits per heavy atom. The molecule has 1 aromatic heterocycles. The Bertz CT molecular complexity index is 932. The van der Waals surface area contributed by atoms with Crippen LogP contribution in [0.25, 0.3) is 11.3 Å². The van der Waals surface area contributed by atoms with Crippen LogP contribution >= 0.6 is 0 Å². The lowest BCUT2D eigenvalue weighted by molar-refractivity contribution is -0.137. The van der Waals surface area contributed by atoms with Gasteiger partial charge in [-0.3, -0.25) is 9.59 Å². The molecule has 0 radical (unpaired) electrons. The molecule has 158 valence electrons. The molecular formula is C23H26N2O5. The summed E-state index contributed by atoms with van der Waals surface area (Å²) in [6.45, 7) is 4.34. The maximum absolute atomic E-state index is 12.9. The van der Waals surface area contributed by atoms with Gasteiger partial charge in [0.15, 0.2) is 0 Å². The van der Waals surface area contributed by atoms with Gasteiger partial charge in [-0.15, -0.1) is 0 Å². The van der Waals surface area contributed by atoms with Crippen LogP contribution in [-0.4, -0.2) is 37.0 Å². The van der Waals surface area contributed by atoms with E-state index in [-0.39, 0.29) is 24.3 Å². The molecule has 0 bridgehead atoms. The van der Waals surface area contributed by atoms with E-state index in [1.54, 1.807) is 26.0 Å². The molecule has 2 amide bonds. The van der Waals surface area contributed by atoms with Gasteiger partial charge in [0, 0.05) is 30.1 Å². The molecule has 2 heterocycles. The third-order valence-corrected chi connectivity index (χ3v) is 4.99. The van der Waals surface area contributed by atoms with Gasteiger partial charge in [-0.05, 0) is 32.8 Å². The number of benzene rings is 1. The zero-order valence-corrected chi connectivity index (χ0v) is 17.1. The number of hydrogen-bond donors (Lipinski definition) is 2. The van der Waals surface area contributed by atoms with Gasteiger partial charge in [0.05, 0.1) is 12.2 Å². The first kappa shape index (κ1) is 21.4. The number of hydrogen-bond acceptors (Lipinski definition) is 5. The molecule has 30 heavy (non-hydrogen) atoms. The highest BCUT2D eigenvalue weighted by Crippen LogP contribution is 2.25. The number of ether oxygens (including phenoxy) is 1. The predicted molar refractivity (Wildman–Crippen MR) is 112 cm³/mol. The van der Waals surface area contributed by atoms with Gasteiger partial charge in [0.2, 0.25) is 5.91 Å². The summed E-state index contributed by atoms with van der Waals surface area (Å²) < 4.78 is 10.7. The molecule has 1 saturated heterocycles. The maximum Gasteiger partial charge on any atom is 0.330 e. The molecule has 7 heteroatoms. The first-order valence-corrected chi connectivity index (χ1v) is 10.1. The van der Waals surface area contributed by atoms with E-state index in [1.807, 2.05) is 30.3 Å². The van der Waals surface area contributed by atoms with Crippen molar-refractivity contribution in [2.24, 2.45) is 5.92 Å². The van der Waals surface area contributed by atoms with Crippen molar-refractivity contribution >= 4 is 17.8 Å². The number of carbonyl (C=O) groups excluding carboxylic acids is 3. The summed E-state index contributed by atoms with van der Waals surface area (Å²) in [5, 5.41) is 5.70. The predicted octanol–water partition coefficient (Wildman–Crippen LogP) is 3.00. The van der Waals surface area contributed by atoms with Gasteiger partial charge >= 0.3 is 5.97 Å². The molecule has 7 nitrogen and oxygen atoms in total. The Labute approximate surface area is 175 Å². The molecule has 3 rings (SSSR count). The fraction of sp³-hybridized carbons (Fsp3) is 0.348. The van der Waals surface area contributed by atoms with Crippen LogP contribution in [0.15, 0.2) is 53.0 Å². The Hall–Kier alpha value is -3.35. The Morgan fingerprint density at radius 2 is 2.10 bits per heavy atom. The lowest BCUT2D eigenvalue weighted by Gasteiger charge is -2.17. The first-order chi connectivity index (χ1) is 14.5. The molecule has 2 aromatic rings. The average molecular weight is 410 g/mol. The van der Waals surface area contributed by atoms with E-state index in [0.29, 0.717) is 36.5 Å². The zero-order valence-electron chi connectivity index (χ0n) is 17.1. The van der Waals surface area contributed by atoms with E-state index in [1.165, 1.54) is 6.08 Å². The van der Waals surface area contributed by atoms with E-state index in [4.69, 9.17) is 9.15 Å². The SMILES string of the molecule is CCOC(=O)C=CC(CC1CCNC1=O)NC(=O)c1cc(-c2ccccc2)oc1C. The summed E-state index contributed by atoms with van der Waals surface area (Å²) >= 11 is 0. The summed E-state index contributed by atoms with van der Waals surface area (Å²) in [5.74, 6) is 0.0380. The third kappa shape index (κ3) is 5.37. The van der Waals surface area contributed by atoms with Crippen molar-refractivity contribution in [1.29, 1.82) is 0 Å². The van der Waals surface area contributed by atoms with Crippen molar-refractivity contribution in [2.45, 2.75) is 32.7 Å². The highest BCUT2D eigenvalue weighted by molar-refractivity contribution is 5.96. The summed E-state index contributed by atoms with van der Waals surface area (Å²) in [4.78, 5) is 36.6. The number of rotatable bonds is 8. The minimum absolute atomic E-state index is 0.0374. The van der Waals surface area contributed by atoms with Gasteiger partial charge in [-0.25, -0.2) is 4.79 Å². The van der Waals surface area contributed by atoms with Crippen LogP contribution in [0.4, 0.5) is 0 Å². The van der Waals surface area contributed by atoms with E-state index in [0.717, 1.165) is 5.56 Å². The topological polar surface area (TPSA) is 97.6 Å². The molecule has 1 aliphatic heterocycles. The second kappa shape index (κ2) is 9.91. The molecule has 2 N–H and O–H groups in total. The van der Waals surface area contributed by atoms with Crippen molar-refractivity contribution in [2.75, 3.05) is 13.2 Å². The number of furan rings is 1. The van der Waals surface area contributed by atoms with Crippen LogP contribution in [-0.2, 0) is 14.3 Å². The van der Waals surface area contributed by atoms with E-state index in [2.05, 4.69) is 10.6 Å². The summed E-state index contributed by atoms with van der Waals surface area (Å²) in [6, 6.07) is 10.7.